The van der Waals surface area contributed by atoms with Crippen LogP contribution in [0.3, 0.4) is 0 Å². The van der Waals surface area contributed by atoms with Gasteiger partial charge in [0.25, 0.3) is 0 Å². The summed E-state index contributed by atoms with van der Waals surface area (Å²) in [5.41, 5.74) is 5.01. The Labute approximate surface area is 73.1 Å². The highest BCUT2D eigenvalue weighted by molar-refractivity contribution is 5.99. The van der Waals surface area contributed by atoms with Crippen LogP contribution in [0, 0.1) is 0 Å². The van der Waals surface area contributed by atoms with Crippen LogP contribution in [0.4, 0.5) is 0 Å². The van der Waals surface area contributed by atoms with Gasteiger partial charge in [0.2, 0.25) is 0 Å². The number of nitrogens with two attached hydrogens (primary N) is 1. The summed E-state index contributed by atoms with van der Waals surface area (Å²) in [5.74, 6) is -0.656. The standard InChI is InChI=1S/C9H11NO/c1-7(10)9(11)8-5-3-2-4-6-8/h2-7H,10H2,1H3/i2D,3D,4D,5D,6D. The monoisotopic (exact) mass is 154 g/mol. The fraction of sp³-hybridized carbons (Fsp3) is 0.222. The van der Waals surface area contributed by atoms with E-state index in [0.717, 1.165) is 0 Å². The normalized spacial score (nSPS) is 18.9. The minimum absolute atomic E-state index is 0.346. The second kappa shape index (κ2) is 3.30. The van der Waals surface area contributed by atoms with Gasteiger partial charge in [-0.25, -0.2) is 0 Å². The fourth-order valence-electron chi connectivity index (χ4n) is 0.601. The SMILES string of the molecule is [2H]c1c([2H])c([2H])c(C(=O)C(C)N)c([2H])c1[2H]. The summed E-state index contributed by atoms with van der Waals surface area (Å²) in [6, 6.07) is -3.48. The minimum Gasteiger partial charge on any atom is -0.321 e. The summed E-state index contributed by atoms with van der Waals surface area (Å²) in [7, 11) is 0. The number of hydrogen-bond donors (Lipinski definition) is 1. The maximum Gasteiger partial charge on any atom is 0.179 e. The number of carbonyl (C=O) groups excluding carboxylic acids is 1. The molecule has 0 heterocycles. The summed E-state index contributed by atoms with van der Waals surface area (Å²) in [6.07, 6.45) is 0. The minimum atomic E-state index is -0.899. The lowest BCUT2D eigenvalue weighted by Crippen LogP contribution is -2.26. The van der Waals surface area contributed by atoms with E-state index in [1.165, 1.54) is 6.92 Å². The molecule has 0 saturated heterocycles. The lowest BCUT2D eigenvalue weighted by atomic mass is 10.1. The van der Waals surface area contributed by atoms with E-state index in [2.05, 4.69) is 0 Å². The highest BCUT2D eigenvalue weighted by Gasteiger charge is 2.08. The van der Waals surface area contributed by atoms with E-state index in [4.69, 9.17) is 12.6 Å². The van der Waals surface area contributed by atoms with Crippen LogP contribution < -0.4 is 5.73 Å². The van der Waals surface area contributed by atoms with E-state index in [1.54, 1.807) is 0 Å². The zero-order chi connectivity index (χ0) is 12.6. The predicted octanol–water partition coefficient (Wildman–Crippen LogP) is 1.22. The van der Waals surface area contributed by atoms with E-state index >= 15 is 0 Å². The van der Waals surface area contributed by atoms with Crippen LogP contribution >= 0.6 is 0 Å². The average molecular weight is 154 g/mol. The van der Waals surface area contributed by atoms with Gasteiger partial charge in [0, 0.05) is 5.56 Å². The molecule has 1 atom stereocenters. The molecule has 0 aliphatic rings. The first-order chi connectivity index (χ1) is 7.29. The van der Waals surface area contributed by atoms with Gasteiger partial charge in [0.1, 0.15) is 0 Å². The maximum atomic E-state index is 11.6. The lowest BCUT2D eigenvalue weighted by Gasteiger charge is -2.02. The summed E-state index contributed by atoms with van der Waals surface area (Å²) in [5, 5.41) is 0. The van der Waals surface area contributed by atoms with Crippen molar-refractivity contribution in [1.29, 1.82) is 0 Å². The summed E-state index contributed by atoms with van der Waals surface area (Å²) in [6.45, 7) is 1.41. The van der Waals surface area contributed by atoms with Gasteiger partial charge < -0.3 is 5.73 Å². The molecular formula is C9H11NO. The van der Waals surface area contributed by atoms with Crippen LogP contribution in [0.5, 0.6) is 0 Å². The average Bonchev–Trinajstić information content (AvgIpc) is 2.23. The van der Waals surface area contributed by atoms with Gasteiger partial charge in [0.05, 0.1) is 12.9 Å². The Morgan fingerprint density at radius 1 is 1.55 bits per heavy atom. The Hall–Kier alpha value is -1.15. The fourth-order valence-corrected chi connectivity index (χ4v) is 0.601. The lowest BCUT2D eigenvalue weighted by molar-refractivity contribution is 0.0968. The summed E-state index contributed by atoms with van der Waals surface area (Å²) in [4.78, 5) is 11.6. The highest BCUT2D eigenvalue weighted by atomic mass is 16.1. The smallest absolute Gasteiger partial charge is 0.179 e. The molecule has 2 N–H and O–H groups in total. The third-order valence-electron chi connectivity index (χ3n) is 1.16. The Morgan fingerprint density at radius 2 is 2.09 bits per heavy atom. The van der Waals surface area contributed by atoms with E-state index in [0.29, 0.717) is 0 Å². The number of Topliss-reactive ketones (excluding diaryl/α,β-unsaturated/α-hetero) is 1. The quantitative estimate of drug-likeness (QED) is 0.651. The molecular weight excluding hydrogens is 138 g/mol. The third-order valence-corrected chi connectivity index (χ3v) is 1.16. The van der Waals surface area contributed by atoms with E-state index < -0.39 is 42.0 Å². The number of carbonyl (C=O) groups is 1. The molecule has 1 aromatic carbocycles. The highest BCUT2D eigenvalue weighted by Crippen LogP contribution is 2.01. The Balaban J connectivity index is 3.58. The Morgan fingerprint density at radius 3 is 2.55 bits per heavy atom. The zero-order valence-electron chi connectivity index (χ0n) is 11.1. The first kappa shape index (κ1) is 3.50. The second-order valence-electron chi connectivity index (χ2n) is 2.15. The molecule has 1 aromatic rings. The van der Waals surface area contributed by atoms with Gasteiger partial charge in [-0.3, -0.25) is 4.79 Å². The van der Waals surface area contributed by atoms with Crippen molar-refractivity contribution in [3.63, 3.8) is 0 Å². The summed E-state index contributed by atoms with van der Waals surface area (Å²) >= 11 is 0. The van der Waals surface area contributed by atoms with Crippen molar-refractivity contribution in [3.05, 3.63) is 35.8 Å². The van der Waals surface area contributed by atoms with Crippen molar-refractivity contribution < 1.29 is 11.6 Å². The molecule has 0 bridgehead atoms. The maximum absolute atomic E-state index is 11.6. The molecule has 2 heteroatoms. The molecule has 2 nitrogen and oxygen atoms in total. The van der Waals surface area contributed by atoms with E-state index in [1.807, 2.05) is 0 Å². The van der Waals surface area contributed by atoms with E-state index in [-0.39, 0.29) is 5.56 Å². The molecule has 0 aliphatic heterocycles. The first-order valence-corrected chi connectivity index (χ1v) is 3.15. The van der Waals surface area contributed by atoms with Gasteiger partial charge in [0.15, 0.2) is 5.78 Å². The Bertz CT molecular complexity index is 429. The zero-order valence-corrected chi connectivity index (χ0v) is 6.06. The molecule has 0 saturated carbocycles. The van der Waals surface area contributed by atoms with E-state index in [9.17, 15) is 4.79 Å². The van der Waals surface area contributed by atoms with Crippen molar-refractivity contribution in [2.24, 2.45) is 5.73 Å². The molecule has 0 amide bonds. The predicted molar refractivity (Wildman–Crippen MR) is 44.4 cm³/mol. The molecule has 0 spiro atoms. The molecule has 0 fully saturated rings. The molecule has 0 aliphatic carbocycles. The van der Waals surface area contributed by atoms with Crippen LogP contribution in [-0.2, 0) is 0 Å². The molecule has 58 valence electrons. The molecule has 11 heavy (non-hydrogen) atoms. The second-order valence-corrected chi connectivity index (χ2v) is 2.15. The van der Waals surface area contributed by atoms with Crippen LogP contribution in [0.25, 0.3) is 0 Å². The molecule has 1 unspecified atom stereocenters. The van der Waals surface area contributed by atoms with Crippen LogP contribution in [-0.4, -0.2) is 11.8 Å². The van der Waals surface area contributed by atoms with Gasteiger partial charge >= 0.3 is 0 Å². The topological polar surface area (TPSA) is 43.1 Å². The number of rotatable bonds is 2. The van der Waals surface area contributed by atoms with Crippen molar-refractivity contribution >= 4 is 5.78 Å². The molecule has 0 aromatic heterocycles. The van der Waals surface area contributed by atoms with Crippen molar-refractivity contribution in [3.8, 4) is 0 Å². The Kier molecular flexibility index (Phi) is 1.05. The molecule has 1 rings (SSSR count). The molecule has 0 radical (unpaired) electrons. The number of ketones is 1. The number of hydrogen-bond acceptors (Lipinski definition) is 2. The largest absolute Gasteiger partial charge is 0.321 e. The van der Waals surface area contributed by atoms with Gasteiger partial charge in [-0.05, 0) is 6.92 Å². The van der Waals surface area contributed by atoms with Gasteiger partial charge in [-0.1, -0.05) is 30.2 Å². The van der Waals surface area contributed by atoms with Gasteiger partial charge in [-0.2, -0.15) is 0 Å². The summed E-state index contributed by atoms with van der Waals surface area (Å²) < 4.78 is 37.1. The van der Waals surface area contributed by atoms with Crippen molar-refractivity contribution in [1.82, 2.24) is 0 Å². The van der Waals surface area contributed by atoms with Crippen LogP contribution in [0.2, 0.25) is 0 Å². The van der Waals surface area contributed by atoms with Crippen LogP contribution in [0.1, 0.15) is 24.1 Å². The van der Waals surface area contributed by atoms with Crippen LogP contribution in [0.15, 0.2) is 30.2 Å². The van der Waals surface area contributed by atoms with Crippen molar-refractivity contribution in [2.75, 3.05) is 0 Å². The third kappa shape index (κ3) is 1.88. The number of benzene rings is 1. The first-order valence-electron chi connectivity index (χ1n) is 5.65. The van der Waals surface area contributed by atoms with Crippen molar-refractivity contribution in [2.45, 2.75) is 13.0 Å². The van der Waals surface area contributed by atoms with Gasteiger partial charge in [-0.15, -0.1) is 0 Å².